The smallest absolute Gasteiger partial charge is 0.416 e. The predicted molar refractivity (Wildman–Crippen MR) is 129 cm³/mol. The molecule has 3 aromatic rings. The Bertz CT molecular complexity index is 1390. The van der Waals surface area contributed by atoms with Gasteiger partial charge in [0.05, 0.1) is 12.2 Å². The number of rotatable bonds is 8. The van der Waals surface area contributed by atoms with E-state index in [9.17, 15) is 28.0 Å². The second-order valence-corrected chi connectivity index (χ2v) is 7.61. The first-order valence-corrected chi connectivity index (χ1v) is 10.8. The summed E-state index contributed by atoms with van der Waals surface area (Å²) < 4.78 is 49.7. The average Bonchev–Trinajstić information content (AvgIpc) is 2.81. The zero-order valence-corrected chi connectivity index (χ0v) is 19.4. The summed E-state index contributed by atoms with van der Waals surface area (Å²) in [7, 11) is 0. The Morgan fingerprint density at radius 2 is 1.89 bits per heavy atom. The van der Waals surface area contributed by atoms with Gasteiger partial charge in [0, 0.05) is 11.4 Å². The summed E-state index contributed by atoms with van der Waals surface area (Å²) in [6.07, 6.45) is -1.19. The fraction of sp³-hybridized carbons (Fsp3) is 0.192. The highest BCUT2D eigenvalue weighted by molar-refractivity contribution is 5.92. The molecule has 0 aliphatic carbocycles. The molecular formula is C26H22F3N3O4. The number of aryl methyl sites for hydroxylation is 1. The number of amides is 1. The van der Waals surface area contributed by atoms with Gasteiger partial charge in [0.2, 0.25) is 0 Å². The molecule has 0 radical (unpaired) electrons. The number of carbonyl (C=O) groups is 1. The Morgan fingerprint density at radius 1 is 1.11 bits per heavy atom. The molecule has 10 heteroatoms. The van der Waals surface area contributed by atoms with E-state index in [-0.39, 0.29) is 17.0 Å². The molecule has 0 aliphatic rings. The number of benzene rings is 2. The molecule has 0 bridgehead atoms. The maximum Gasteiger partial charge on any atom is 0.416 e. The number of anilines is 1. The number of pyridine rings is 1. The lowest BCUT2D eigenvalue weighted by molar-refractivity contribution is -0.137. The van der Waals surface area contributed by atoms with Crippen LogP contribution in [0.4, 0.5) is 18.9 Å². The standard InChI is InChI=1S/C26H22F3N3O4/c1-3-35-23-12-17(7-9-18-11-16(2)31-25(34)21(18)14-30)8-10-22(23)36-15-24(33)32-20-6-4-5-19(13-20)26(27,28)29/h4-13H,3,15H2,1-2H3,(H,31,34)(H,32,33)/b9-7+. The number of alkyl halides is 3. The number of hydrogen-bond donors (Lipinski definition) is 2. The molecule has 186 valence electrons. The number of hydrogen-bond acceptors (Lipinski definition) is 5. The number of carbonyl (C=O) groups excluding carboxylic acids is 1. The van der Waals surface area contributed by atoms with E-state index in [4.69, 9.17) is 9.47 Å². The van der Waals surface area contributed by atoms with Gasteiger partial charge in [0.15, 0.2) is 18.1 Å². The van der Waals surface area contributed by atoms with Gasteiger partial charge in [0.1, 0.15) is 11.6 Å². The molecule has 7 nitrogen and oxygen atoms in total. The topological polar surface area (TPSA) is 104 Å². The molecule has 2 N–H and O–H groups in total. The van der Waals surface area contributed by atoms with Gasteiger partial charge < -0.3 is 19.8 Å². The summed E-state index contributed by atoms with van der Waals surface area (Å²) in [5, 5.41) is 11.6. The zero-order valence-electron chi connectivity index (χ0n) is 19.4. The van der Waals surface area contributed by atoms with E-state index in [1.807, 2.05) is 6.07 Å². The molecule has 0 saturated heterocycles. The Morgan fingerprint density at radius 3 is 2.58 bits per heavy atom. The van der Waals surface area contributed by atoms with E-state index in [2.05, 4.69) is 10.3 Å². The summed E-state index contributed by atoms with van der Waals surface area (Å²) in [4.78, 5) is 26.8. The highest BCUT2D eigenvalue weighted by Crippen LogP contribution is 2.31. The third-order valence-electron chi connectivity index (χ3n) is 4.87. The molecule has 1 heterocycles. The van der Waals surface area contributed by atoms with Crippen LogP contribution in [-0.2, 0) is 11.0 Å². The van der Waals surface area contributed by atoms with Crippen LogP contribution in [0.25, 0.3) is 12.2 Å². The number of aromatic nitrogens is 1. The van der Waals surface area contributed by atoms with Crippen LogP contribution < -0.4 is 20.3 Å². The zero-order chi connectivity index (χ0) is 26.3. The number of aromatic amines is 1. The SMILES string of the molecule is CCOc1cc(/C=C/c2cc(C)[nH]c(=O)c2C#N)ccc1OCC(=O)Nc1cccc(C(F)(F)F)c1. The van der Waals surface area contributed by atoms with E-state index in [0.717, 1.165) is 12.1 Å². The Labute approximate surface area is 204 Å². The summed E-state index contributed by atoms with van der Waals surface area (Å²) in [6, 6.07) is 12.8. The lowest BCUT2D eigenvalue weighted by Gasteiger charge is -2.13. The van der Waals surface area contributed by atoms with E-state index in [1.54, 1.807) is 50.3 Å². The van der Waals surface area contributed by atoms with Gasteiger partial charge in [-0.2, -0.15) is 18.4 Å². The lowest BCUT2D eigenvalue weighted by atomic mass is 10.1. The minimum absolute atomic E-state index is 0.00401. The molecular weight excluding hydrogens is 475 g/mol. The van der Waals surface area contributed by atoms with Crippen LogP contribution in [0.3, 0.4) is 0 Å². The molecule has 1 amide bonds. The second-order valence-electron chi connectivity index (χ2n) is 7.61. The molecule has 0 fully saturated rings. The monoisotopic (exact) mass is 497 g/mol. The number of nitrogens with zero attached hydrogens (tertiary/aromatic N) is 1. The van der Waals surface area contributed by atoms with Crippen molar-refractivity contribution in [1.82, 2.24) is 4.98 Å². The molecule has 0 aliphatic heterocycles. The second kappa shape index (κ2) is 11.3. The van der Waals surface area contributed by atoms with E-state index >= 15 is 0 Å². The fourth-order valence-electron chi connectivity index (χ4n) is 3.28. The third-order valence-corrected chi connectivity index (χ3v) is 4.87. The number of ether oxygens (including phenoxy) is 2. The highest BCUT2D eigenvalue weighted by atomic mass is 19.4. The van der Waals surface area contributed by atoms with E-state index in [1.165, 1.54) is 12.1 Å². The van der Waals surface area contributed by atoms with E-state index < -0.39 is 29.8 Å². The number of nitrogens with one attached hydrogen (secondary N) is 2. The Hall–Kier alpha value is -4.52. The third kappa shape index (κ3) is 6.76. The quantitative estimate of drug-likeness (QED) is 0.447. The van der Waals surface area contributed by atoms with Crippen molar-refractivity contribution in [2.24, 2.45) is 0 Å². The van der Waals surface area contributed by atoms with Gasteiger partial charge in [-0.05, 0) is 61.4 Å². The highest BCUT2D eigenvalue weighted by Gasteiger charge is 2.30. The van der Waals surface area contributed by atoms with Crippen molar-refractivity contribution in [1.29, 1.82) is 5.26 Å². The first kappa shape index (κ1) is 26.1. The molecule has 36 heavy (non-hydrogen) atoms. The van der Waals surface area contributed by atoms with Crippen molar-refractivity contribution in [3.05, 3.63) is 86.8 Å². The Balaban J connectivity index is 1.73. The van der Waals surface area contributed by atoms with Crippen LogP contribution in [0, 0.1) is 18.3 Å². The van der Waals surface area contributed by atoms with Crippen LogP contribution >= 0.6 is 0 Å². The first-order valence-electron chi connectivity index (χ1n) is 10.8. The van der Waals surface area contributed by atoms with Gasteiger partial charge in [-0.25, -0.2) is 0 Å². The molecule has 0 unspecified atom stereocenters. The summed E-state index contributed by atoms with van der Waals surface area (Å²) >= 11 is 0. The van der Waals surface area contributed by atoms with Gasteiger partial charge in [-0.15, -0.1) is 0 Å². The largest absolute Gasteiger partial charge is 0.490 e. The summed E-state index contributed by atoms with van der Waals surface area (Å²) in [5.41, 5.74) is 0.398. The maximum atomic E-state index is 12.9. The number of H-pyrrole nitrogens is 1. The summed E-state index contributed by atoms with van der Waals surface area (Å²) in [6.45, 7) is 3.34. The van der Waals surface area contributed by atoms with Crippen molar-refractivity contribution in [3.63, 3.8) is 0 Å². The molecule has 2 aromatic carbocycles. The van der Waals surface area contributed by atoms with Crippen molar-refractivity contribution < 1.29 is 27.4 Å². The number of nitriles is 1. The first-order chi connectivity index (χ1) is 17.1. The molecule has 0 atom stereocenters. The lowest BCUT2D eigenvalue weighted by Crippen LogP contribution is -2.20. The Kier molecular flexibility index (Phi) is 8.17. The number of halogens is 3. The van der Waals surface area contributed by atoms with E-state index in [0.29, 0.717) is 29.2 Å². The predicted octanol–water partition coefficient (Wildman–Crippen LogP) is 5.16. The van der Waals surface area contributed by atoms with Crippen LogP contribution in [0.1, 0.15) is 34.9 Å². The van der Waals surface area contributed by atoms with Gasteiger partial charge >= 0.3 is 6.18 Å². The van der Waals surface area contributed by atoms with Gasteiger partial charge in [0.25, 0.3) is 11.5 Å². The maximum absolute atomic E-state index is 12.9. The molecule has 0 saturated carbocycles. The minimum atomic E-state index is -4.52. The fourth-order valence-corrected chi connectivity index (χ4v) is 3.28. The molecule has 1 aromatic heterocycles. The van der Waals surface area contributed by atoms with Crippen molar-refractivity contribution in [2.45, 2.75) is 20.0 Å². The van der Waals surface area contributed by atoms with Crippen molar-refractivity contribution >= 4 is 23.7 Å². The summed E-state index contributed by atoms with van der Waals surface area (Å²) in [5.74, 6) is -0.0403. The van der Waals surface area contributed by atoms with Crippen LogP contribution in [0.2, 0.25) is 0 Å². The van der Waals surface area contributed by atoms with Gasteiger partial charge in [-0.3, -0.25) is 9.59 Å². The average molecular weight is 497 g/mol. The van der Waals surface area contributed by atoms with Crippen molar-refractivity contribution in [3.8, 4) is 17.6 Å². The molecule has 3 rings (SSSR count). The van der Waals surface area contributed by atoms with Crippen LogP contribution in [0.5, 0.6) is 11.5 Å². The molecule has 0 spiro atoms. The van der Waals surface area contributed by atoms with Crippen molar-refractivity contribution in [2.75, 3.05) is 18.5 Å². The normalized spacial score (nSPS) is 11.2. The minimum Gasteiger partial charge on any atom is -0.490 e. The van der Waals surface area contributed by atoms with Gasteiger partial charge in [-0.1, -0.05) is 24.3 Å². The van der Waals surface area contributed by atoms with Crippen LogP contribution in [0.15, 0.2) is 53.3 Å². The van der Waals surface area contributed by atoms with Crippen LogP contribution in [-0.4, -0.2) is 24.1 Å².